The molecule has 4 rings (SSSR count). The summed E-state index contributed by atoms with van der Waals surface area (Å²) >= 11 is 1.42. The molecule has 3 N–H and O–H groups in total. The second kappa shape index (κ2) is 8.01. The molecule has 0 saturated carbocycles. The Morgan fingerprint density at radius 2 is 1.79 bits per heavy atom. The lowest BCUT2D eigenvalue weighted by Crippen LogP contribution is -2.33. The van der Waals surface area contributed by atoms with Gasteiger partial charge in [-0.15, -0.1) is 11.3 Å². The quantitative estimate of drug-likeness (QED) is 0.623. The second-order valence-electron chi connectivity index (χ2n) is 6.13. The SMILES string of the molecule is O=C(C[C@@H]1N=C(Nc2nc(-c3ccccc3)cs2)NC1=O)Nc1ccccc1. The fourth-order valence-electron chi connectivity index (χ4n) is 2.73. The van der Waals surface area contributed by atoms with Crippen LogP contribution in [0.25, 0.3) is 11.3 Å². The van der Waals surface area contributed by atoms with Crippen LogP contribution in [0.1, 0.15) is 6.42 Å². The van der Waals surface area contributed by atoms with Gasteiger partial charge in [0.2, 0.25) is 11.9 Å². The fourth-order valence-corrected chi connectivity index (χ4v) is 3.45. The Balaban J connectivity index is 1.38. The Morgan fingerprint density at radius 3 is 2.54 bits per heavy atom. The van der Waals surface area contributed by atoms with Crippen LogP contribution in [-0.2, 0) is 9.59 Å². The topological polar surface area (TPSA) is 95.5 Å². The van der Waals surface area contributed by atoms with Gasteiger partial charge in [0.05, 0.1) is 12.1 Å². The van der Waals surface area contributed by atoms with Crippen molar-refractivity contribution >= 4 is 39.9 Å². The number of benzene rings is 2. The van der Waals surface area contributed by atoms with Crippen LogP contribution in [0.4, 0.5) is 10.8 Å². The Labute approximate surface area is 165 Å². The predicted molar refractivity (Wildman–Crippen MR) is 110 cm³/mol. The lowest BCUT2D eigenvalue weighted by Gasteiger charge is -2.06. The number of rotatable bonds is 5. The third kappa shape index (κ3) is 4.24. The third-order valence-corrected chi connectivity index (χ3v) is 4.82. The van der Waals surface area contributed by atoms with Gasteiger partial charge < -0.3 is 10.6 Å². The number of guanidine groups is 1. The minimum absolute atomic E-state index is 0.0287. The number of hydrogen-bond acceptors (Lipinski definition) is 6. The maximum Gasteiger partial charge on any atom is 0.252 e. The van der Waals surface area contributed by atoms with Gasteiger partial charge >= 0.3 is 0 Å². The minimum atomic E-state index is -0.764. The lowest BCUT2D eigenvalue weighted by atomic mass is 10.2. The number of carbonyl (C=O) groups is 2. The van der Waals surface area contributed by atoms with Crippen molar-refractivity contribution in [2.24, 2.45) is 4.99 Å². The molecule has 1 aliphatic rings. The Hall–Kier alpha value is -3.52. The zero-order valence-electron chi connectivity index (χ0n) is 14.8. The molecule has 2 amide bonds. The van der Waals surface area contributed by atoms with Crippen molar-refractivity contribution in [3.8, 4) is 11.3 Å². The number of thiazole rings is 1. The number of nitrogens with zero attached hydrogens (tertiary/aromatic N) is 2. The standard InChI is InChI=1S/C20H17N5O2S/c26-17(21-14-9-5-2-6-10-14)11-15-18(27)24-19(22-15)25-20-23-16(12-28-20)13-7-3-1-4-8-13/h1-10,12,15H,11H2,(H,21,26)(H2,22,23,24,25,27)/t15-/m0/s1. The average Bonchev–Trinajstić information content (AvgIpc) is 3.30. The molecule has 1 aromatic heterocycles. The molecule has 0 radical (unpaired) electrons. The smallest absolute Gasteiger partial charge is 0.252 e. The number of para-hydroxylation sites is 1. The Morgan fingerprint density at radius 1 is 1.07 bits per heavy atom. The van der Waals surface area contributed by atoms with E-state index < -0.39 is 6.04 Å². The highest BCUT2D eigenvalue weighted by molar-refractivity contribution is 7.14. The maximum atomic E-state index is 12.1. The number of aliphatic imine (C=N–C) groups is 1. The van der Waals surface area contributed by atoms with Crippen molar-refractivity contribution in [3.05, 3.63) is 66.0 Å². The summed E-state index contributed by atoms with van der Waals surface area (Å²) in [4.78, 5) is 33.1. The highest BCUT2D eigenvalue weighted by Crippen LogP contribution is 2.24. The first-order chi connectivity index (χ1) is 13.7. The molecule has 0 spiro atoms. The van der Waals surface area contributed by atoms with E-state index in [9.17, 15) is 9.59 Å². The molecule has 0 fully saturated rings. The summed E-state index contributed by atoms with van der Waals surface area (Å²) in [5, 5.41) is 11.0. The summed E-state index contributed by atoms with van der Waals surface area (Å²) in [7, 11) is 0. The average molecular weight is 391 g/mol. The summed E-state index contributed by atoms with van der Waals surface area (Å²) in [6.45, 7) is 0. The van der Waals surface area contributed by atoms with Crippen LogP contribution in [-0.4, -0.2) is 28.8 Å². The summed E-state index contributed by atoms with van der Waals surface area (Å²) in [5.41, 5.74) is 2.54. The van der Waals surface area contributed by atoms with E-state index in [1.807, 2.05) is 53.9 Å². The van der Waals surface area contributed by atoms with Crippen molar-refractivity contribution in [1.29, 1.82) is 0 Å². The van der Waals surface area contributed by atoms with Crippen molar-refractivity contribution in [3.63, 3.8) is 0 Å². The Bertz CT molecular complexity index is 1020. The van der Waals surface area contributed by atoms with Crippen LogP contribution in [0, 0.1) is 0 Å². The zero-order chi connectivity index (χ0) is 19.3. The third-order valence-electron chi connectivity index (χ3n) is 4.06. The van der Waals surface area contributed by atoms with Crippen LogP contribution < -0.4 is 16.0 Å². The van der Waals surface area contributed by atoms with Gasteiger partial charge in [-0.2, -0.15) is 0 Å². The molecule has 28 heavy (non-hydrogen) atoms. The van der Waals surface area contributed by atoms with E-state index in [-0.39, 0.29) is 18.2 Å². The van der Waals surface area contributed by atoms with E-state index in [4.69, 9.17) is 0 Å². The van der Waals surface area contributed by atoms with Crippen LogP contribution >= 0.6 is 11.3 Å². The fraction of sp³-hybridized carbons (Fsp3) is 0.100. The van der Waals surface area contributed by atoms with E-state index in [0.717, 1.165) is 11.3 Å². The van der Waals surface area contributed by atoms with Crippen LogP contribution in [0.15, 0.2) is 71.0 Å². The Kier molecular flexibility index (Phi) is 5.11. The molecule has 2 aromatic carbocycles. The molecule has 1 atom stereocenters. The van der Waals surface area contributed by atoms with Crippen molar-refractivity contribution in [1.82, 2.24) is 10.3 Å². The molecule has 7 nitrogen and oxygen atoms in total. The number of nitrogens with one attached hydrogen (secondary N) is 3. The van der Waals surface area contributed by atoms with Crippen LogP contribution in [0.2, 0.25) is 0 Å². The van der Waals surface area contributed by atoms with Crippen molar-refractivity contribution in [2.45, 2.75) is 12.5 Å². The molecule has 1 aliphatic heterocycles. The second-order valence-corrected chi connectivity index (χ2v) is 6.99. The zero-order valence-corrected chi connectivity index (χ0v) is 15.6. The number of aromatic nitrogens is 1. The molecule has 0 bridgehead atoms. The summed E-state index contributed by atoms with van der Waals surface area (Å²) in [6.07, 6.45) is -0.0287. The van der Waals surface area contributed by atoms with Gasteiger partial charge in [0.25, 0.3) is 5.91 Å². The maximum absolute atomic E-state index is 12.1. The summed E-state index contributed by atoms with van der Waals surface area (Å²) in [5.74, 6) is -0.279. The molecule has 0 aliphatic carbocycles. The minimum Gasteiger partial charge on any atom is -0.326 e. The van der Waals surface area contributed by atoms with E-state index in [1.165, 1.54) is 11.3 Å². The monoisotopic (exact) mass is 391 g/mol. The van der Waals surface area contributed by atoms with E-state index >= 15 is 0 Å². The molecular weight excluding hydrogens is 374 g/mol. The van der Waals surface area contributed by atoms with Gasteiger partial charge in [-0.1, -0.05) is 48.5 Å². The first-order valence-electron chi connectivity index (χ1n) is 8.69. The molecule has 2 heterocycles. The largest absolute Gasteiger partial charge is 0.326 e. The summed E-state index contributed by atoms with van der Waals surface area (Å²) < 4.78 is 0. The van der Waals surface area contributed by atoms with Gasteiger partial charge in [-0.3, -0.25) is 14.9 Å². The van der Waals surface area contributed by atoms with Crippen molar-refractivity contribution in [2.75, 3.05) is 10.6 Å². The van der Waals surface area contributed by atoms with Crippen molar-refractivity contribution < 1.29 is 9.59 Å². The normalized spacial score (nSPS) is 15.6. The first kappa shape index (κ1) is 17.9. The van der Waals surface area contributed by atoms with E-state index in [1.54, 1.807) is 12.1 Å². The van der Waals surface area contributed by atoms with Gasteiger partial charge in [0, 0.05) is 16.6 Å². The molecule has 8 heteroatoms. The summed E-state index contributed by atoms with van der Waals surface area (Å²) in [6, 6.07) is 18.2. The van der Waals surface area contributed by atoms with Gasteiger partial charge in [0.1, 0.15) is 6.04 Å². The lowest BCUT2D eigenvalue weighted by molar-refractivity contribution is -0.123. The van der Waals surface area contributed by atoms with Crippen LogP contribution in [0.5, 0.6) is 0 Å². The molecule has 0 unspecified atom stereocenters. The molecule has 0 saturated heterocycles. The first-order valence-corrected chi connectivity index (χ1v) is 9.57. The highest BCUT2D eigenvalue weighted by Gasteiger charge is 2.29. The highest BCUT2D eigenvalue weighted by atomic mass is 32.1. The number of carbonyl (C=O) groups excluding carboxylic acids is 2. The van der Waals surface area contributed by atoms with Gasteiger partial charge in [-0.25, -0.2) is 9.98 Å². The molecule has 3 aromatic rings. The molecular formula is C20H17N5O2S. The number of anilines is 2. The van der Waals surface area contributed by atoms with Gasteiger partial charge in [0.15, 0.2) is 5.13 Å². The van der Waals surface area contributed by atoms with Crippen LogP contribution in [0.3, 0.4) is 0 Å². The van der Waals surface area contributed by atoms with E-state index in [2.05, 4.69) is 25.9 Å². The predicted octanol–water partition coefficient (Wildman–Crippen LogP) is 3.11. The number of amides is 2. The van der Waals surface area contributed by atoms with Gasteiger partial charge in [-0.05, 0) is 12.1 Å². The van der Waals surface area contributed by atoms with E-state index in [0.29, 0.717) is 16.8 Å². The molecule has 140 valence electrons. The number of hydrogen-bond donors (Lipinski definition) is 3.